The van der Waals surface area contributed by atoms with E-state index in [2.05, 4.69) is 4.72 Å². The van der Waals surface area contributed by atoms with Crippen molar-refractivity contribution in [3.8, 4) is 0 Å². The third-order valence-corrected chi connectivity index (χ3v) is 4.98. The van der Waals surface area contributed by atoms with Gasteiger partial charge < -0.3 is 5.73 Å². The molecular formula is C12H15FN2O3S. The Kier molecular flexibility index (Phi) is 3.14. The topological polar surface area (TPSA) is 89.3 Å². The van der Waals surface area contributed by atoms with Crippen molar-refractivity contribution in [3.05, 3.63) is 29.1 Å². The molecular weight excluding hydrogens is 271 g/mol. The summed E-state index contributed by atoms with van der Waals surface area (Å²) in [5.74, 6) is -1.81. The molecule has 1 aliphatic carbocycles. The van der Waals surface area contributed by atoms with Gasteiger partial charge in [-0.25, -0.2) is 17.5 Å². The van der Waals surface area contributed by atoms with Crippen LogP contribution in [0.4, 0.5) is 4.39 Å². The van der Waals surface area contributed by atoms with Crippen molar-refractivity contribution in [3.63, 3.8) is 0 Å². The maximum atomic E-state index is 13.5. The van der Waals surface area contributed by atoms with E-state index in [1.54, 1.807) is 6.92 Å². The van der Waals surface area contributed by atoms with E-state index in [4.69, 9.17) is 5.73 Å². The van der Waals surface area contributed by atoms with Crippen LogP contribution >= 0.6 is 0 Å². The number of aryl methyl sites for hydroxylation is 1. The highest BCUT2D eigenvalue weighted by Crippen LogP contribution is 2.36. The number of halogens is 1. The van der Waals surface area contributed by atoms with Crippen LogP contribution in [-0.2, 0) is 10.0 Å². The molecule has 3 N–H and O–H groups in total. The molecule has 2 rings (SSSR count). The second kappa shape index (κ2) is 4.28. The van der Waals surface area contributed by atoms with Gasteiger partial charge in [0.15, 0.2) is 0 Å². The summed E-state index contributed by atoms with van der Waals surface area (Å²) in [4.78, 5) is 11.0. The molecule has 1 aliphatic rings. The second-order valence-electron chi connectivity index (χ2n) is 5.13. The number of hydrogen-bond acceptors (Lipinski definition) is 3. The van der Waals surface area contributed by atoms with Crippen LogP contribution in [-0.4, -0.2) is 19.9 Å². The summed E-state index contributed by atoms with van der Waals surface area (Å²) in [6.07, 6.45) is 1.52. The number of benzene rings is 1. The molecule has 0 heterocycles. The molecule has 0 aromatic heterocycles. The number of carbonyl (C=O) groups is 1. The fraction of sp³-hybridized carbons (Fsp3) is 0.417. The maximum absolute atomic E-state index is 13.5. The van der Waals surface area contributed by atoms with Crippen molar-refractivity contribution in [2.75, 3.05) is 0 Å². The summed E-state index contributed by atoms with van der Waals surface area (Å²) in [5.41, 5.74) is 4.40. The van der Waals surface area contributed by atoms with E-state index in [0.717, 1.165) is 25.0 Å². The van der Waals surface area contributed by atoms with Gasteiger partial charge in [-0.15, -0.1) is 0 Å². The monoisotopic (exact) mass is 286 g/mol. The summed E-state index contributed by atoms with van der Waals surface area (Å²) in [6.45, 7) is 3.26. The Morgan fingerprint density at radius 2 is 2.00 bits per heavy atom. The fourth-order valence-electron chi connectivity index (χ4n) is 1.80. The van der Waals surface area contributed by atoms with E-state index in [9.17, 15) is 17.6 Å². The van der Waals surface area contributed by atoms with Gasteiger partial charge in [0.2, 0.25) is 10.0 Å². The van der Waals surface area contributed by atoms with Crippen LogP contribution in [0.2, 0.25) is 0 Å². The summed E-state index contributed by atoms with van der Waals surface area (Å²) in [6, 6.07) is 1.99. The SMILES string of the molecule is Cc1cc(F)c(C(N)=O)cc1S(=O)(=O)NC1(C)CC1. The van der Waals surface area contributed by atoms with Crippen molar-refractivity contribution in [2.45, 2.75) is 37.1 Å². The molecule has 1 aromatic rings. The second-order valence-corrected chi connectivity index (χ2v) is 6.78. The molecule has 1 fully saturated rings. The van der Waals surface area contributed by atoms with Crippen LogP contribution in [0.3, 0.4) is 0 Å². The number of nitrogens with two attached hydrogens (primary N) is 1. The first kappa shape index (κ1) is 14.0. The zero-order chi connectivity index (χ0) is 14.4. The average Bonchev–Trinajstić information content (AvgIpc) is 2.93. The summed E-state index contributed by atoms with van der Waals surface area (Å²) in [7, 11) is -3.78. The van der Waals surface area contributed by atoms with E-state index in [1.165, 1.54) is 6.92 Å². The minimum absolute atomic E-state index is 0.115. The molecule has 7 heteroatoms. The Morgan fingerprint density at radius 3 is 2.47 bits per heavy atom. The molecule has 104 valence electrons. The van der Waals surface area contributed by atoms with Gasteiger partial charge >= 0.3 is 0 Å². The molecule has 0 spiro atoms. The van der Waals surface area contributed by atoms with Gasteiger partial charge in [-0.3, -0.25) is 4.79 Å². The lowest BCUT2D eigenvalue weighted by Gasteiger charge is -2.14. The van der Waals surface area contributed by atoms with Gasteiger partial charge in [-0.2, -0.15) is 0 Å². The molecule has 19 heavy (non-hydrogen) atoms. The molecule has 0 bridgehead atoms. The fourth-order valence-corrected chi connectivity index (χ4v) is 3.52. The van der Waals surface area contributed by atoms with Crippen molar-refractivity contribution < 1.29 is 17.6 Å². The Hall–Kier alpha value is -1.47. The number of rotatable bonds is 4. The van der Waals surface area contributed by atoms with Gasteiger partial charge in [-0.05, 0) is 44.4 Å². The molecule has 1 aromatic carbocycles. The first-order chi connectivity index (χ1) is 8.65. The Labute approximate surface area is 111 Å². The number of hydrogen-bond donors (Lipinski definition) is 2. The van der Waals surface area contributed by atoms with E-state index in [1.807, 2.05) is 0 Å². The van der Waals surface area contributed by atoms with E-state index < -0.39 is 32.9 Å². The third-order valence-electron chi connectivity index (χ3n) is 3.20. The number of carbonyl (C=O) groups excluding carboxylic acids is 1. The number of sulfonamides is 1. The Morgan fingerprint density at radius 1 is 1.42 bits per heavy atom. The van der Waals surface area contributed by atoms with Gasteiger partial charge in [0.1, 0.15) is 5.82 Å². The lowest BCUT2D eigenvalue weighted by atomic mass is 10.1. The summed E-state index contributed by atoms with van der Waals surface area (Å²) >= 11 is 0. The highest BCUT2D eigenvalue weighted by Gasteiger charge is 2.41. The molecule has 0 saturated heterocycles. The quantitative estimate of drug-likeness (QED) is 0.867. The largest absolute Gasteiger partial charge is 0.366 e. The minimum atomic E-state index is -3.78. The lowest BCUT2D eigenvalue weighted by Crippen LogP contribution is -2.34. The Bertz CT molecular complexity index is 651. The number of amides is 1. The average molecular weight is 286 g/mol. The van der Waals surface area contributed by atoms with Crippen LogP contribution in [0.1, 0.15) is 35.7 Å². The van der Waals surface area contributed by atoms with Crippen LogP contribution < -0.4 is 10.5 Å². The van der Waals surface area contributed by atoms with Crippen molar-refractivity contribution in [2.24, 2.45) is 5.73 Å². The highest BCUT2D eigenvalue weighted by atomic mass is 32.2. The summed E-state index contributed by atoms with van der Waals surface area (Å²) < 4.78 is 40.5. The maximum Gasteiger partial charge on any atom is 0.251 e. The van der Waals surface area contributed by atoms with Crippen LogP contribution in [0, 0.1) is 12.7 Å². The van der Waals surface area contributed by atoms with Gasteiger partial charge in [0.25, 0.3) is 5.91 Å². The van der Waals surface area contributed by atoms with Crippen molar-refractivity contribution in [1.82, 2.24) is 4.72 Å². The van der Waals surface area contributed by atoms with E-state index in [0.29, 0.717) is 0 Å². The molecule has 0 unspecified atom stereocenters. The zero-order valence-corrected chi connectivity index (χ0v) is 11.5. The molecule has 0 aliphatic heterocycles. The smallest absolute Gasteiger partial charge is 0.251 e. The normalized spacial score (nSPS) is 17.2. The molecule has 0 radical (unpaired) electrons. The third kappa shape index (κ3) is 2.76. The molecule has 1 amide bonds. The van der Waals surface area contributed by atoms with Gasteiger partial charge in [0, 0.05) is 5.54 Å². The minimum Gasteiger partial charge on any atom is -0.366 e. The first-order valence-corrected chi connectivity index (χ1v) is 7.27. The number of nitrogens with one attached hydrogen (secondary N) is 1. The predicted molar refractivity (Wildman–Crippen MR) is 67.6 cm³/mol. The highest BCUT2D eigenvalue weighted by molar-refractivity contribution is 7.89. The van der Waals surface area contributed by atoms with E-state index in [-0.39, 0.29) is 10.5 Å². The van der Waals surface area contributed by atoms with E-state index >= 15 is 0 Å². The predicted octanol–water partition coefficient (Wildman–Crippen LogP) is 1.06. The lowest BCUT2D eigenvalue weighted by molar-refractivity contribution is 0.0996. The summed E-state index contributed by atoms with van der Waals surface area (Å²) in [5, 5.41) is 0. The molecule has 1 saturated carbocycles. The zero-order valence-electron chi connectivity index (χ0n) is 10.7. The van der Waals surface area contributed by atoms with Crippen LogP contribution in [0.15, 0.2) is 17.0 Å². The van der Waals surface area contributed by atoms with Crippen molar-refractivity contribution >= 4 is 15.9 Å². The standard InChI is InChI=1S/C12H15FN2O3S/c1-7-5-9(13)8(11(14)16)6-10(7)19(17,18)15-12(2)3-4-12/h5-6,15H,3-4H2,1-2H3,(H2,14,16). The number of primary amides is 1. The Balaban J connectivity index is 2.49. The molecule has 5 nitrogen and oxygen atoms in total. The van der Waals surface area contributed by atoms with Gasteiger partial charge in [0.05, 0.1) is 10.5 Å². The van der Waals surface area contributed by atoms with Crippen LogP contribution in [0.25, 0.3) is 0 Å². The van der Waals surface area contributed by atoms with Crippen LogP contribution in [0.5, 0.6) is 0 Å². The van der Waals surface area contributed by atoms with Crippen molar-refractivity contribution in [1.29, 1.82) is 0 Å². The first-order valence-electron chi connectivity index (χ1n) is 5.79. The molecule has 0 atom stereocenters. The van der Waals surface area contributed by atoms with Gasteiger partial charge in [-0.1, -0.05) is 0 Å².